The summed E-state index contributed by atoms with van der Waals surface area (Å²) in [6, 6.07) is 13.1. The standard InChI is InChI=1S/C27H23ClN2O7S/c1-15-6-9-19(10-7-15)38(34,35)37-24-21(28)13-18(14-23(24)36-4)12-20-25(31)29-27(33)30(26(20)32)22-11-16(2)5-8-17(22)3/h5-14H,1-4H3,(H,29,31,33)/b20-12+. The first-order chi connectivity index (χ1) is 17.9. The average Bonchev–Trinajstić information content (AvgIpc) is 2.85. The molecule has 196 valence electrons. The predicted molar refractivity (Wildman–Crippen MR) is 142 cm³/mol. The third-order valence-corrected chi connectivity index (χ3v) is 7.29. The number of imide groups is 2. The molecule has 38 heavy (non-hydrogen) atoms. The highest BCUT2D eigenvalue weighted by Crippen LogP contribution is 2.39. The number of hydrogen-bond donors (Lipinski definition) is 1. The van der Waals surface area contributed by atoms with Gasteiger partial charge in [-0.2, -0.15) is 8.42 Å². The number of amides is 4. The SMILES string of the molecule is COc1cc(/C=C2\C(=O)NC(=O)N(c3cc(C)ccc3C)C2=O)cc(Cl)c1OS(=O)(=O)c1ccc(C)cc1. The largest absolute Gasteiger partial charge is 0.493 e. The van der Waals surface area contributed by atoms with Gasteiger partial charge in [0, 0.05) is 0 Å². The molecule has 9 nitrogen and oxygen atoms in total. The molecule has 1 heterocycles. The highest BCUT2D eigenvalue weighted by Gasteiger charge is 2.37. The fraction of sp³-hybridized carbons (Fsp3) is 0.148. The molecule has 0 saturated carbocycles. The van der Waals surface area contributed by atoms with Gasteiger partial charge in [-0.1, -0.05) is 41.4 Å². The van der Waals surface area contributed by atoms with Crippen LogP contribution in [0.3, 0.4) is 0 Å². The maximum absolute atomic E-state index is 13.3. The summed E-state index contributed by atoms with van der Waals surface area (Å²) < 4.78 is 36.2. The van der Waals surface area contributed by atoms with E-state index in [1.165, 1.54) is 37.5 Å². The van der Waals surface area contributed by atoms with Gasteiger partial charge in [-0.3, -0.25) is 14.9 Å². The van der Waals surface area contributed by atoms with Gasteiger partial charge in [-0.05, 0) is 73.9 Å². The fourth-order valence-corrected chi connectivity index (χ4v) is 5.03. The van der Waals surface area contributed by atoms with Crippen LogP contribution in [0, 0.1) is 20.8 Å². The van der Waals surface area contributed by atoms with E-state index in [4.69, 9.17) is 20.5 Å². The number of carbonyl (C=O) groups is 3. The number of ether oxygens (including phenoxy) is 1. The zero-order valence-electron chi connectivity index (χ0n) is 20.9. The maximum Gasteiger partial charge on any atom is 0.339 e. The van der Waals surface area contributed by atoms with Crippen molar-refractivity contribution in [2.24, 2.45) is 0 Å². The van der Waals surface area contributed by atoms with Gasteiger partial charge in [0.1, 0.15) is 10.5 Å². The lowest BCUT2D eigenvalue weighted by Crippen LogP contribution is -2.54. The van der Waals surface area contributed by atoms with Crippen LogP contribution in [0.1, 0.15) is 22.3 Å². The van der Waals surface area contributed by atoms with Crippen molar-refractivity contribution in [3.05, 3.63) is 87.4 Å². The number of barbiturate groups is 1. The molecule has 4 rings (SSSR count). The maximum atomic E-state index is 13.3. The zero-order valence-corrected chi connectivity index (χ0v) is 22.4. The Labute approximate surface area is 224 Å². The number of halogens is 1. The molecule has 0 bridgehead atoms. The second kappa shape index (κ2) is 10.3. The van der Waals surface area contributed by atoms with E-state index in [1.807, 2.05) is 19.9 Å². The molecule has 0 radical (unpaired) electrons. The minimum Gasteiger partial charge on any atom is -0.493 e. The van der Waals surface area contributed by atoms with Crippen molar-refractivity contribution in [2.45, 2.75) is 25.7 Å². The summed E-state index contributed by atoms with van der Waals surface area (Å²) in [5, 5.41) is 2.03. The highest BCUT2D eigenvalue weighted by molar-refractivity contribution is 7.87. The van der Waals surface area contributed by atoms with Crippen LogP contribution in [0.5, 0.6) is 11.5 Å². The van der Waals surface area contributed by atoms with Crippen molar-refractivity contribution in [3.63, 3.8) is 0 Å². The van der Waals surface area contributed by atoms with Gasteiger partial charge in [-0.25, -0.2) is 9.69 Å². The first-order valence-corrected chi connectivity index (χ1v) is 13.1. The van der Waals surface area contributed by atoms with E-state index in [1.54, 1.807) is 31.2 Å². The Morgan fingerprint density at radius 2 is 1.58 bits per heavy atom. The molecule has 1 fully saturated rings. The number of anilines is 1. The number of aryl methyl sites for hydroxylation is 3. The van der Waals surface area contributed by atoms with Crippen molar-refractivity contribution < 1.29 is 31.7 Å². The highest BCUT2D eigenvalue weighted by atomic mass is 35.5. The summed E-state index contributed by atoms with van der Waals surface area (Å²) in [7, 11) is -2.95. The molecular formula is C27H23ClN2O7S. The molecule has 0 aliphatic carbocycles. The Morgan fingerprint density at radius 1 is 0.921 bits per heavy atom. The monoisotopic (exact) mass is 554 g/mol. The van der Waals surface area contributed by atoms with Gasteiger partial charge in [0.15, 0.2) is 5.75 Å². The van der Waals surface area contributed by atoms with Gasteiger partial charge in [-0.15, -0.1) is 0 Å². The van der Waals surface area contributed by atoms with Crippen LogP contribution < -0.4 is 19.1 Å². The number of urea groups is 1. The molecule has 4 amide bonds. The lowest BCUT2D eigenvalue weighted by atomic mass is 10.0. The number of nitrogens with zero attached hydrogens (tertiary/aromatic N) is 1. The molecule has 0 aromatic heterocycles. The molecule has 3 aromatic carbocycles. The van der Waals surface area contributed by atoms with Crippen molar-refractivity contribution in [1.29, 1.82) is 0 Å². The number of benzene rings is 3. The third-order valence-electron chi connectivity index (χ3n) is 5.77. The predicted octanol–water partition coefficient (Wildman–Crippen LogP) is 4.71. The first kappa shape index (κ1) is 26.9. The van der Waals surface area contributed by atoms with E-state index in [2.05, 4.69) is 5.32 Å². The quantitative estimate of drug-likeness (QED) is 0.266. The van der Waals surface area contributed by atoms with E-state index in [9.17, 15) is 22.8 Å². The zero-order chi connectivity index (χ0) is 27.8. The fourth-order valence-electron chi connectivity index (χ4n) is 3.77. The Balaban J connectivity index is 1.72. The Morgan fingerprint density at radius 3 is 2.24 bits per heavy atom. The van der Waals surface area contributed by atoms with Crippen LogP contribution in [0.15, 0.2) is 65.1 Å². The summed E-state index contributed by atoms with van der Waals surface area (Å²) >= 11 is 6.36. The van der Waals surface area contributed by atoms with Crippen LogP contribution in [-0.4, -0.2) is 33.4 Å². The van der Waals surface area contributed by atoms with Crippen LogP contribution in [0.2, 0.25) is 5.02 Å². The summed E-state index contributed by atoms with van der Waals surface area (Å²) in [5.74, 6) is -2.03. The van der Waals surface area contributed by atoms with E-state index in [-0.39, 0.29) is 32.6 Å². The van der Waals surface area contributed by atoms with E-state index in [0.29, 0.717) is 11.3 Å². The topological polar surface area (TPSA) is 119 Å². The van der Waals surface area contributed by atoms with Gasteiger partial charge in [0.25, 0.3) is 11.8 Å². The second-order valence-electron chi connectivity index (χ2n) is 8.63. The summed E-state index contributed by atoms with van der Waals surface area (Å²) in [5.41, 5.74) is 2.60. The molecule has 1 aliphatic rings. The molecule has 0 unspecified atom stereocenters. The van der Waals surface area contributed by atoms with Crippen LogP contribution in [0.4, 0.5) is 10.5 Å². The molecule has 3 aromatic rings. The second-order valence-corrected chi connectivity index (χ2v) is 10.6. The van der Waals surface area contributed by atoms with Crippen molar-refractivity contribution in [3.8, 4) is 11.5 Å². The molecule has 0 spiro atoms. The van der Waals surface area contributed by atoms with Gasteiger partial charge in [0.2, 0.25) is 5.75 Å². The molecule has 11 heteroatoms. The molecular weight excluding hydrogens is 532 g/mol. The molecule has 0 atom stereocenters. The van der Waals surface area contributed by atoms with Crippen LogP contribution >= 0.6 is 11.6 Å². The summed E-state index contributed by atoms with van der Waals surface area (Å²) in [4.78, 5) is 39.3. The van der Waals surface area contributed by atoms with E-state index < -0.39 is 28.0 Å². The lowest BCUT2D eigenvalue weighted by Gasteiger charge is -2.27. The third kappa shape index (κ3) is 5.27. The first-order valence-electron chi connectivity index (χ1n) is 11.3. The molecule has 1 aliphatic heterocycles. The number of carbonyl (C=O) groups excluding carboxylic acids is 3. The smallest absolute Gasteiger partial charge is 0.339 e. The van der Waals surface area contributed by atoms with Crippen molar-refractivity contribution in [1.82, 2.24) is 5.32 Å². The molecule has 1 N–H and O–H groups in total. The van der Waals surface area contributed by atoms with Crippen LogP contribution in [0.25, 0.3) is 6.08 Å². The Bertz CT molecular complexity index is 1610. The number of nitrogens with one attached hydrogen (secondary N) is 1. The van der Waals surface area contributed by atoms with Gasteiger partial charge < -0.3 is 8.92 Å². The summed E-state index contributed by atoms with van der Waals surface area (Å²) in [6.45, 7) is 5.37. The van der Waals surface area contributed by atoms with E-state index in [0.717, 1.165) is 16.0 Å². The van der Waals surface area contributed by atoms with Crippen molar-refractivity contribution in [2.75, 3.05) is 12.0 Å². The normalized spacial score (nSPS) is 15.0. The Kier molecular flexibility index (Phi) is 7.30. The number of methoxy groups -OCH3 is 1. The Hall–Kier alpha value is -4.15. The minimum absolute atomic E-state index is 0.0498. The number of hydrogen-bond acceptors (Lipinski definition) is 7. The number of rotatable bonds is 6. The summed E-state index contributed by atoms with van der Waals surface area (Å²) in [6.07, 6.45) is 1.23. The average molecular weight is 555 g/mol. The van der Waals surface area contributed by atoms with Crippen molar-refractivity contribution >= 4 is 51.3 Å². The molecule has 1 saturated heterocycles. The minimum atomic E-state index is -4.24. The van der Waals surface area contributed by atoms with E-state index >= 15 is 0 Å². The lowest BCUT2D eigenvalue weighted by molar-refractivity contribution is -0.122. The van der Waals surface area contributed by atoms with Gasteiger partial charge in [0.05, 0.1) is 17.8 Å². The van der Waals surface area contributed by atoms with Gasteiger partial charge >= 0.3 is 16.1 Å². The van der Waals surface area contributed by atoms with Crippen LogP contribution in [-0.2, 0) is 19.7 Å².